The first-order chi connectivity index (χ1) is 22.4. The van der Waals surface area contributed by atoms with Crippen LogP contribution in [0.4, 0.5) is 16.6 Å². The number of anilines is 2. The predicted molar refractivity (Wildman–Crippen MR) is 180 cm³/mol. The van der Waals surface area contributed by atoms with Crippen molar-refractivity contribution in [2.75, 3.05) is 42.5 Å². The Balaban J connectivity index is 1.21. The minimum Gasteiger partial charge on any atom is -0.444 e. The molecule has 1 fully saturated rings. The molecule has 2 aromatic heterocycles. The van der Waals surface area contributed by atoms with Crippen LogP contribution >= 0.6 is 11.3 Å². The average molecular weight is 635 g/mol. The summed E-state index contributed by atoms with van der Waals surface area (Å²) in [5, 5.41) is 0.860. The van der Waals surface area contributed by atoms with Gasteiger partial charge in [0, 0.05) is 36.6 Å². The Kier molecular flexibility index (Phi) is 9.20. The Hall–Kier alpha value is -5.29. The number of primary amides is 1. The number of thiophene rings is 1. The van der Waals surface area contributed by atoms with Gasteiger partial charge in [-0.05, 0) is 41.3 Å². The van der Waals surface area contributed by atoms with E-state index in [1.807, 2.05) is 89.8 Å². The first-order valence-corrected chi connectivity index (χ1v) is 16.0. The van der Waals surface area contributed by atoms with Gasteiger partial charge in [-0.2, -0.15) is 4.98 Å². The van der Waals surface area contributed by atoms with Gasteiger partial charge in [0.05, 0.1) is 5.39 Å². The first kappa shape index (κ1) is 30.7. The Morgan fingerprint density at radius 3 is 2.17 bits per heavy atom. The van der Waals surface area contributed by atoms with Crippen LogP contribution in [0.15, 0.2) is 91.0 Å². The van der Waals surface area contributed by atoms with Crippen molar-refractivity contribution in [2.45, 2.75) is 20.0 Å². The molecular weight excluding hydrogens is 600 g/mol. The third-order valence-electron chi connectivity index (χ3n) is 7.85. The van der Waals surface area contributed by atoms with E-state index in [0.717, 1.165) is 38.3 Å². The summed E-state index contributed by atoms with van der Waals surface area (Å²) in [4.78, 5) is 55.0. The monoisotopic (exact) mass is 634 g/mol. The fourth-order valence-corrected chi connectivity index (χ4v) is 6.35. The summed E-state index contributed by atoms with van der Waals surface area (Å²) in [5.74, 6) is -0.0573. The lowest BCUT2D eigenvalue weighted by Gasteiger charge is -2.36. The highest BCUT2D eigenvalue weighted by atomic mass is 32.1. The summed E-state index contributed by atoms with van der Waals surface area (Å²) in [5.41, 5.74) is 9.14. The number of carbonyl (C=O) groups excluding carboxylic acids is 3. The van der Waals surface area contributed by atoms with E-state index < -0.39 is 18.5 Å². The number of amides is 3. The van der Waals surface area contributed by atoms with Crippen molar-refractivity contribution in [3.8, 4) is 11.1 Å². The minimum absolute atomic E-state index is 0.0218. The van der Waals surface area contributed by atoms with Crippen LogP contribution < -0.4 is 15.5 Å². The topological polar surface area (TPSA) is 122 Å². The summed E-state index contributed by atoms with van der Waals surface area (Å²) in [6.07, 6.45) is 0.0413. The summed E-state index contributed by atoms with van der Waals surface area (Å²) < 4.78 is 5.53. The van der Waals surface area contributed by atoms with Gasteiger partial charge in [-0.3, -0.25) is 9.59 Å². The molecule has 0 aliphatic carbocycles. The number of nitrogens with zero attached hydrogens (tertiary/aromatic N) is 5. The maximum absolute atomic E-state index is 13.4. The third-order valence-corrected chi connectivity index (χ3v) is 9.02. The molecule has 0 atom stereocenters. The molecule has 46 heavy (non-hydrogen) atoms. The zero-order valence-electron chi connectivity index (χ0n) is 25.5. The quantitative estimate of drug-likeness (QED) is 0.227. The van der Waals surface area contributed by atoms with Crippen molar-refractivity contribution in [3.05, 3.63) is 107 Å². The second-order valence-electron chi connectivity index (χ2n) is 10.9. The first-order valence-electron chi connectivity index (χ1n) is 15.2. The average Bonchev–Trinajstić information content (AvgIpc) is 3.53. The van der Waals surface area contributed by atoms with Gasteiger partial charge < -0.3 is 20.3 Å². The summed E-state index contributed by atoms with van der Waals surface area (Å²) in [7, 11) is 0. The zero-order chi connectivity index (χ0) is 32.0. The van der Waals surface area contributed by atoms with Gasteiger partial charge in [-0.25, -0.2) is 14.7 Å². The fourth-order valence-electron chi connectivity index (χ4n) is 5.39. The Bertz CT molecular complexity index is 1840. The molecule has 10 nitrogen and oxygen atoms in total. The molecule has 0 saturated carbocycles. The number of benzene rings is 3. The van der Waals surface area contributed by atoms with Crippen molar-refractivity contribution in [1.82, 2.24) is 14.9 Å². The molecule has 11 heteroatoms. The normalized spacial score (nSPS) is 13.1. The number of aryl methyl sites for hydroxylation is 1. The molecule has 1 aliphatic rings. The molecule has 2 N–H and O–H groups in total. The maximum atomic E-state index is 13.4. The molecule has 0 bridgehead atoms. The lowest BCUT2D eigenvalue weighted by Crippen LogP contribution is -2.49. The number of nitrogens with two attached hydrogens (primary N) is 1. The number of carbonyl (C=O) groups is 3. The fraction of sp³-hybridized carbons (Fsp3) is 0.229. The standard InChI is InChI=1S/C35H34N6O4S/c1-2-28-21-29-31(37-34(38-32(29)46-28)41(22-30(36)42)35(44)45-23-24-9-5-3-6-10-24)39-17-19-40(20-18-39)33(43)27-15-13-26(14-16-27)25-11-7-4-8-12-25/h3-16,21H,2,17-20,22-23H2,1H3,(H2,36,42). The van der Waals surface area contributed by atoms with Gasteiger partial charge in [-0.1, -0.05) is 79.7 Å². The Morgan fingerprint density at radius 1 is 0.870 bits per heavy atom. The number of ether oxygens (including phenoxy) is 1. The van der Waals surface area contributed by atoms with Crippen LogP contribution in [-0.2, 0) is 22.6 Å². The number of piperazine rings is 1. The van der Waals surface area contributed by atoms with Gasteiger partial charge in [0.2, 0.25) is 11.9 Å². The van der Waals surface area contributed by atoms with Crippen molar-refractivity contribution >= 4 is 51.2 Å². The van der Waals surface area contributed by atoms with Crippen LogP contribution in [0, 0.1) is 0 Å². The smallest absolute Gasteiger partial charge is 0.417 e. The molecule has 0 radical (unpaired) electrons. The zero-order valence-corrected chi connectivity index (χ0v) is 26.3. The summed E-state index contributed by atoms with van der Waals surface area (Å²) in [6.45, 7) is 3.71. The number of aromatic nitrogens is 2. The molecular formula is C35H34N6O4S. The highest BCUT2D eigenvalue weighted by molar-refractivity contribution is 7.18. The summed E-state index contributed by atoms with van der Waals surface area (Å²) >= 11 is 1.51. The van der Waals surface area contributed by atoms with Crippen LogP contribution in [0.25, 0.3) is 21.3 Å². The second-order valence-corrected chi connectivity index (χ2v) is 12.1. The molecule has 3 aromatic carbocycles. The number of hydrogen-bond acceptors (Lipinski definition) is 8. The lowest BCUT2D eigenvalue weighted by atomic mass is 10.0. The lowest BCUT2D eigenvalue weighted by molar-refractivity contribution is -0.116. The van der Waals surface area contributed by atoms with E-state index in [1.165, 1.54) is 11.3 Å². The van der Waals surface area contributed by atoms with Crippen LogP contribution in [0.5, 0.6) is 0 Å². The number of rotatable bonds is 9. The van der Waals surface area contributed by atoms with E-state index in [1.54, 1.807) is 0 Å². The molecule has 0 spiro atoms. The molecule has 1 saturated heterocycles. The second kappa shape index (κ2) is 13.8. The summed E-state index contributed by atoms with van der Waals surface area (Å²) in [6, 6.07) is 29.1. The van der Waals surface area contributed by atoms with Crippen molar-refractivity contribution in [1.29, 1.82) is 0 Å². The predicted octanol–water partition coefficient (Wildman–Crippen LogP) is 5.51. The van der Waals surface area contributed by atoms with Gasteiger partial charge in [0.1, 0.15) is 23.8 Å². The Morgan fingerprint density at radius 2 is 1.52 bits per heavy atom. The van der Waals surface area contributed by atoms with Crippen LogP contribution in [0.2, 0.25) is 0 Å². The van der Waals surface area contributed by atoms with E-state index in [0.29, 0.717) is 42.4 Å². The number of fused-ring (bicyclic) bond motifs is 1. The van der Waals surface area contributed by atoms with Gasteiger partial charge in [-0.15, -0.1) is 11.3 Å². The molecule has 5 aromatic rings. The van der Waals surface area contributed by atoms with Gasteiger partial charge in [0.15, 0.2) is 0 Å². The molecule has 6 rings (SSSR count). The van der Waals surface area contributed by atoms with Crippen LogP contribution in [0.3, 0.4) is 0 Å². The van der Waals surface area contributed by atoms with E-state index in [2.05, 4.69) is 22.9 Å². The van der Waals surface area contributed by atoms with E-state index >= 15 is 0 Å². The molecule has 1 aliphatic heterocycles. The van der Waals surface area contributed by atoms with Crippen molar-refractivity contribution in [3.63, 3.8) is 0 Å². The Labute approximate surface area is 271 Å². The molecule has 3 heterocycles. The van der Waals surface area contributed by atoms with Crippen molar-refractivity contribution in [2.24, 2.45) is 5.73 Å². The third kappa shape index (κ3) is 6.84. The van der Waals surface area contributed by atoms with E-state index in [4.69, 9.17) is 15.5 Å². The largest absolute Gasteiger partial charge is 0.444 e. The van der Waals surface area contributed by atoms with Crippen molar-refractivity contribution < 1.29 is 19.1 Å². The van der Waals surface area contributed by atoms with E-state index in [-0.39, 0.29) is 18.5 Å². The van der Waals surface area contributed by atoms with Gasteiger partial charge >= 0.3 is 6.09 Å². The highest BCUT2D eigenvalue weighted by Crippen LogP contribution is 2.34. The maximum Gasteiger partial charge on any atom is 0.417 e. The SMILES string of the molecule is CCc1cc2c(N3CCN(C(=O)c4ccc(-c5ccccc5)cc4)CC3)nc(N(CC(N)=O)C(=O)OCc3ccccc3)nc2s1. The van der Waals surface area contributed by atoms with Crippen LogP contribution in [-0.4, -0.2) is 65.5 Å². The molecule has 3 amide bonds. The highest BCUT2D eigenvalue weighted by Gasteiger charge is 2.28. The minimum atomic E-state index is -0.770. The van der Waals surface area contributed by atoms with E-state index in [9.17, 15) is 14.4 Å². The van der Waals surface area contributed by atoms with Crippen LogP contribution in [0.1, 0.15) is 27.7 Å². The molecule has 234 valence electrons. The van der Waals surface area contributed by atoms with Gasteiger partial charge in [0.25, 0.3) is 5.91 Å². The number of hydrogen-bond donors (Lipinski definition) is 1. The molecule has 0 unspecified atom stereocenters.